The Balaban J connectivity index is 2.71. The Morgan fingerprint density at radius 2 is 1.13 bits per heavy atom. The van der Waals surface area contributed by atoms with E-state index in [1.807, 2.05) is 6.92 Å². The van der Waals surface area contributed by atoms with Crippen molar-refractivity contribution in [3.63, 3.8) is 0 Å². The number of phenolic OH excluding ortho intramolecular Hbond substituents is 1. The van der Waals surface area contributed by atoms with Crippen molar-refractivity contribution in [3.05, 3.63) is 89.9 Å². The molecule has 0 aliphatic rings. The van der Waals surface area contributed by atoms with Gasteiger partial charge >= 0.3 is 0 Å². The zero-order chi connectivity index (χ0) is 39.9. The minimum atomic E-state index is -1.74. The molecule has 0 saturated carbocycles. The van der Waals surface area contributed by atoms with E-state index >= 15 is 0 Å². The summed E-state index contributed by atoms with van der Waals surface area (Å²) in [6.45, 7) is 29.7. The van der Waals surface area contributed by atoms with Gasteiger partial charge in [0, 0.05) is 46.2 Å². The lowest BCUT2D eigenvalue weighted by molar-refractivity contribution is -0.385. The van der Waals surface area contributed by atoms with E-state index in [9.17, 15) is 20.3 Å². The van der Waals surface area contributed by atoms with Crippen LogP contribution in [0.15, 0.2) is 45.9 Å². The van der Waals surface area contributed by atoms with Gasteiger partial charge in [-0.05, 0) is 78.9 Å². The Morgan fingerprint density at radius 3 is 1.42 bits per heavy atom. The van der Waals surface area contributed by atoms with Crippen LogP contribution in [-0.4, -0.2) is 41.6 Å². The van der Waals surface area contributed by atoms with Gasteiger partial charge in [-0.3, -0.25) is 15.1 Å². The monoisotopic (exact) mass is 780 g/mol. The lowest BCUT2D eigenvalue weighted by Gasteiger charge is -2.42. The van der Waals surface area contributed by atoms with Gasteiger partial charge in [0.25, 0.3) is 5.69 Å². The summed E-state index contributed by atoms with van der Waals surface area (Å²) in [7, 11) is 3.38. The fourth-order valence-electron chi connectivity index (χ4n) is 6.73. The van der Waals surface area contributed by atoms with Gasteiger partial charge in [-0.1, -0.05) is 103 Å². The molecular formula is C43H61BrN2O6. The van der Waals surface area contributed by atoms with E-state index in [1.54, 1.807) is 14.2 Å². The molecule has 0 aromatic heterocycles. The van der Waals surface area contributed by atoms with Crippen molar-refractivity contribution >= 4 is 27.8 Å². The third kappa shape index (κ3) is 8.68. The van der Waals surface area contributed by atoms with Crippen LogP contribution >= 0.6 is 15.9 Å². The van der Waals surface area contributed by atoms with E-state index in [-0.39, 0.29) is 49.1 Å². The molecule has 0 bridgehead atoms. The molecule has 3 rings (SSSR count). The summed E-state index contributed by atoms with van der Waals surface area (Å²) in [6.07, 6.45) is 2.12. The van der Waals surface area contributed by atoms with Gasteiger partial charge in [-0.15, -0.1) is 0 Å². The van der Waals surface area contributed by atoms with Crippen LogP contribution in [0.5, 0.6) is 17.2 Å². The van der Waals surface area contributed by atoms with Gasteiger partial charge in [0.1, 0.15) is 22.8 Å². The number of aliphatic imine (C=N–C) groups is 1. The number of aliphatic hydroxyl groups is 1. The number of nitro groups is 1. The molecule has 286 valence electrons. The fraction of sp³-hybridized carbons (Fsp3) is 0.558. The second-order valence-corrected chi connectivity index (χ2v) is 19.1. The van der Waals surface area contributed by atoms with Crippen molar-refractivity contribution in [2.24, 2.45) is 10.9 Å². The predicted octanol–water partition coefficient (Wildman–Crippen LogP) is 11.0. The van der Waals surface area contributed by atoms with Crippen LogP contribution in [0.25, 0.3) is 0 Å². The number of nitrogens with zero attached hydrogens (tertiary/aromatic N) is 2. The van der Waals surface area contributed by atoms with Gasteiger partial charge in [0.2, 0.25) is 0 Å². The minimum Gasteiger partial charge on any atom is -0.506 e. The minimum absolute atomic E-state index is 0.165. The summed E-state index contributed by atoms with van der Waals surface area (Å²) in [4.78, 5) is 16.4. The number of rotatable bonds is 10. The quantitative estimate of drug-likeness (QED) is 0.120. The molecule has 0 fully saturated rings. The number of nitro benzene ring substituents is 1. The molecule has 0 saturated heterocycles. The van der Waals surface area contributed by atoms with Crippen LogP contribution < -0.4 is 9.47 Å². The Hall–Kier alpha value is -3.43. The Morgan fingerprint density at radius 1 is 0.769 bits per heavy atom. The first kappa shape index (κ1) is 43.0. The van der Waals surface area contributed by atoms with Gasteiger partial charge in [-0.2, -0.15) is 0 Å². The maximum atomic E-state index is 14.0. The summed E-state index contributed by atoms with van der Waals surface area (Å²) in [5, 5.41) is 36.8. The number of hydrogen-bond acceptors (Lipinski definition) is 7. The molecule has 0 spiro atoms. The Kier molecular flexibility index (Phi) is 12.5. The van der Waals surface area contributed by atoms with Crippen LogP contribution in [-0.2, 0) is 27.3 Å². The van der Waals surface area contributed by atoms with E-state index in [2.05, 4.69) is 130 Å². The molecule has 0 heterocycles. The Labute approximate surface area is 320 Å². The zero-order valence-corrected chi connectivity index (χ0v) is 35.8. The molecule has 8 nitrogen and oxygen atoms in total. The highest BCUT2D eigenvalue weighted by Crippen LogP contribution is 2.49. The second-order valence-electron chi connectivity index (χ2n) is 18.2. The van der Waals surface area contributed by atoms with Crippen molar-refractivity contribution in [1.82, 2.24) is 0 Å². The lowest BCUT2D eigenvalue weighted by atomic mass is 9.68. The highest BCUT2D eigenvalue weighted by molar-refractivity contribution is 9.10. The number of methoxy groups -OCH3 is 2. The van der Waals surface area contributed by atoms with Gasteiger partial charge in [0.05, 0.1) is 29.7 Å². The Bertz CT molecular complexity index is 1670. The average Bonchev–Trinajstić information content (AvgIpc) is 3.02. The number of hydrogen-bond donors (Lipinski definition) is 2. The molecule has 2 atom stereocenters. The normalized spacial score (nSPS) is 14.4. The fourth-order valence-corrected chi connectivity index (χ4v) is 7.20. The molecule has 52 heavy (non-hydrogen) atoms. The van der Waals surface area contributed by atoms with Crippen molar-refractivity contribution in [1.29, 1.82) is 0 Å². The molecule has 3 aromatic rings. The highest BCUT2D eigenvalue weighted by Gasteiger charge is 2.46. The SMILES string of the molecule is CCC(C)C(N=Cc1cc([N+](=O)[O-])cc(Br)c1O)C(O)(c1cc(C(C)(C)C)c(OC)c(C(C)(C)C)c1)c1cc(C(C)(C)C)c(OC)c(C(C)(C)C)c1. The topological polar surface area (TPSA) is 114 Å². The van der Waals surface area contributed by atoms with Gasteiger partial charge < -0.3 is 19.7 Å². The van der Waals surface area contributed by atoms with Crippen molar-refractivity contribution in [2.45, 2.75) is 137 Å². The van der Waals surface area contributed by atoms with Crippen LogP contribution in [0.3, 0.4) is 0 Å². The zero-order valence-electron chi connectivity index (χ0n) is 34.2. The van der Waals surface area contributed by atoms with Crippen LogP contribution in [0.4, 0.5) is 5.69 Å². The molecule has 0 amide bonds. The molecular weight excluding hydrogens is 720 g/mol. The largest absolute Gasteiger partial charge is 0.506 e. The lowest BCUT2D eigenvalue weighted by Crippen LogP contribution is -2.44. The van der Waals surface area contributed by atoms with E-state index < -0.39 is 16.6 Å². The first-order valence-electron chi connectivity index (χ1n) is 18.0. The third-order valence-electron chi connectivity index (χ3n) is 9.97. The van der Waals surface area contributed by atoms with E-state index in [1.165, 1.54) is 18.3 Å². The molecule has 3 aromatic carbocycles. The smallest absolute Gasteiger partial charge is 0.271 e. The van der Waals surface area contributed by atoms with Crippen molar-refractivity contribution in [2.75, 3.05) is 14.2 Å². The summed E-state index contributed by atoms with van der Waals surface area (Å²) in [5.74, 6) is 1.19. The van der Waals surface area contributed by atoms with Crippen LogP contribution in [0.2, 0.25) is 0 Å². The number of halogens is 1. The number of benzene rings is 3. The average molecular weight is 782 g/mol. The van der Waals surface area contributed by atoms with Crippen LogP contribution in [0, 0.1) is 16.0 Å². The summed E-state index contributed by atoms with van der Waals surface area (Å²) in [5.41, 5.74) is 1.91. The third-order valence-corrected chi connectivity index (χ3v) is 10.6. The van der Waals surface area contributed by atoms with E-state index in [0.717, 1.165) is 33.8 Å². The summed E-state index contributed by atoms with van der Waals surface area (Å²) in [6, 6.07) is 9.96. The first-order valence-corrected chi connectivity index (χ1v) is 18.8. The van der Waals surface area contributed by atoms with Crippen molar-refractivity contribution < 1.29 is 24.6 Å². The van der Waals surface area contributed by atoms with E-state index in [4.69, 9.17) is 14.5 Å². The number of ether oxygens (including phenoxy) is 2. The first-order chi connectivity index (χ1) is 23.6. The van der Waals surface area contributed by atoms with Gasteiger partial charge in [-0.25, -0.2) is 0 Å². The number of non-ortho nitro benzene ring substituents is 1. The molecule has 2 N–H and O–H groups in total. The molecule has 0 aliphatic heterocycles. The molecule has 0 radical (unpaired) electrons. The predicted molar refractivity (Wildman–Crippen MR) is 217 cm³/mol. The second kappa shape index (κ2) is 15.1. The molecule has 9 heteroatoms. The summed E-state index contributed by atoms with van der Waals surface area (Å²) >= 11 is 3.27. The molecule has 0 aliphatic carbocycles. The number of phenols is 1. The van der Waals surface area contributed by atoms with Gasteiger partial charge in [0.15, 0.2) is 0 Å². The number of aromatic hydroxyl groups is 1. The molecule has 2 unspecified atom stereocenters. The van der Waals surface area contributed by atoms with Crippen LogP contribution in [0.1, 0.15) is 142 Å². The summed E-state index contributed by atoms with van der Waals surface area (Å²) < 4.78 is 12.4. The van der Waals surface area contributed by atoms with Crippen molar-refractivity contribution in [3.8, 4) is 17.2 Å². The standard InChI is InChI=1S/C43H61BrN2O6/c1-17-25(2)38(45-24-26-18-29(46(49)50)23-34(44)35(26)47)43(48,27-19-30(39(3,4)5)36(51-15)31(20-27)40(6,7)8)28-21-32(41(9,10)11)37(52-16)33(22-28)42(12,13)14/h18-25,38,47-48H,17H2,1-16H3. The maximum absolute atomic E-state index is 14.0. The highest BCUT2D eigenvalue weighted by atomic mass is 79.9. The maximum Gasteiger partial charge on any atom is 0.271 e. The van der Waals surface area contributed by atoms with E-state index in [0.29, 0.717) is 17.5 Å².